The average molecular weight is 550 g/mol. The molecular weight excluding hydrogens is 513 g/mol. The quantitative estimate of drug-likeness (QED) is 0.311. The molecule has 3 rings (SSSR count). The summed E-state index contributed by atoms with van der Waals surface area (Å²) in [6, 6.07) is 16.9. The number of carbonyl (C=O) groups excluding carboxylic acids is 1. The molecule has 32 heavy (non-hydrogen) atoms. The Hall–Kier alpha value is -2.29. The molecule has 2 aromatic rings. The van der Waals surface area contributed by atoms with Crippen LogP contribution in [0.25, 0.3) is 0 Å². The molecule has 1 aliphatic rings. The largest absolute Gasteiger partial charge is 0.369 e. The number of hydrogen-bond acceptors (Lipinski definition) is 3. The first-order valence-corrected chi connectivity index (χ1v) is 11.2. The Kier molecular flexibility index (Phi) is 10.3. The third-order valence-corrected chi connectivity index (χ3v) is 5.86. The molecule has 1 heterocycles. The normalized spacial score (nSPS) is 15.8. The van der Waals surface area contributed by atoms with E-state index in [2.05, 4.69) is 51.7 Å². The lowest BCUT2D eigenvalue weighted by Crippen LogP contribution is -2.44. The Balaban J connectivity index is 0.00000363. The molecule has 1 aliphatic heterocycles. The van der Waals surface area contributed by atoms with Crippen molar-refractivity contribution in [3.63, 3.8) is 0 Å². The van der Waals surface area contributed by atoms with E-state index >= 15 is 0 Å². The molecule has 7 heteroatoms. The smallest absolute Gasteiger partial charge is 0.253 e. The molecule has 1 unspecified atom stereocenters. The molecular formula is C25H36IN5O. The van der Waals surface area contributed by atoms with Crippen molar-refractivity contribution in [1.29, 1.82) is 0 Å². The maximum atomic E-state index is 12.4. The van der Waals surface area contributed by atoms with Gasteiger partial charge in [0.25, 0.3) is 5.91 Å². The predicted octanol–water partition coefficient (Wildman–Crippen LogP) is 4.04. The van der Waals surface area contributed by atoms with Crippen molar-refractivity contribution in [2.24, 2.45) is 4.99 Å². The molecule has 0 saturated carbocycles. The summed E-state index contributed by atoms with van der Waals surface area (Å²) in [7, 11) is 1.80. The minimum absolute atomic E-state index is 0. The second-order valence-corrected chi connectivity index (χ2v) is 8.01. The molecule has 1 atom stereocenters. The highest BCUT2D eigenvalue weighted by Crippen LogP contribution is 2.20. The average Bonchev–Trinajstić information content (AvgIpc) is 3.26. The van der Waals surface area contributed by atoms with Crippen molar-refractivity contribution in [2.75, 3.05) is 38.1 Å². The van der Waals surface area contributed by atoms with Crippen LogP contribution in [0.15, 0.2) is 53.5 Å². The number of benzene rings is 2. The zero-order valence-electron chi connectivity index (χ0n) is 19.6. The molecule has 1 saturated heterocycles. The number of rotatable bonds is 7. The van der Waals surface area contributed by atoms with Crippen LogP contribution < -0.4 is 15.5 Å². The van der Waals surface area contributed by atoms with Crippen LogP contribution in [-0.2, 0) is 6.54 Å². The molecule has 0 radical (unpaired) electrons. The Morgan fingerprint density at radius 1 is 1.09 bits per heavy atom. The van der Waals surface area contributed by atoms with E-state index in [1.807, 2.05) is 43.0 Å². The van der Waals surface area contributed by atoms with Crippen LogP contribution in [0.3, 0.4) is 0 Å². The molecule has 1 fully saturated rings. The van der Waals surface area contributed by atoms with Crippen LogP contribution in [0.2, 0.25) is 0 Å². The molecule has 2 aromatic carbocycles. The number of guanidine groups is 1. The van der Waals surface area contributed by atoms with Crippen molar-refractivity contribution in [2.45, 2.75) is 39.8 Å². The fourth-order valence-electron chi connectivity index (χ4n) is 3.90. The van der Waals surface area contributed by atoms with E-state index in [0.717, 1.165) is 49.7 Å². The molecule has 0 aromatic heterocycles. The number of nitrogens with one attached hydrogen (secondary N) is 2. The van der Waals surface area contributed by atoms with Gasteiger partial charge in [-0.1, -0.05) is 29.8 Å². The third-order valence-electron chi connectivity index (χ3n) is 5.86. The summed E-state index contributed by atoms with van der Waals surface area (Å²) in [5, 5.41) is 6.94. The lowest BCUT2D eigenvalue weighted by Gasteiger charge is -2.21. The van der Waals surface area contributed by atoms with E-state index in [1.165, 1.54) is 11.3 Å². The van der Waals surface area contributed by atoms with Gasteiger partial charge in [0.1, 0.15) is 0 Å². The van der Waals surface area contributed by atoms with Crippen molar-refractivity contribution < 1.29 is 4.79 Å². The second-order valence-electron chi connectivity index (χ2n) is 8.01. The zero-order valence-corrected chi connectivity index (χ0v) is 21.9. The Labute approximate surface area is 209 Å². The van der Waals surface area contributed by atoms with Crippen molar-refractivity contribution in [3.05, 3.63) is 65.2 Å². The maximum absolute atomic E-state index is 12.4. The van der Waals surface area contributed by atoms with E-state index in [0.29, 0.717) is 12.6 Å². The van der Waals surface area contributed by atoms with Crippen molar-refractivity contribution >= 4 is 41.5 Å². The Morgan fingerprint density at radius 2 is 1.75 bits per heavy atom. The molecule has 2 N–H and O–H groups in total. The van der Waals surface area contributed by atoms with Gasteiger partial charge in [-0.05, 0) is 57.0 Å². The van der Waals surface area contributed by atoms with Gasteiger partial charge in [-0.3, -0.25) is 9.79 Å². The number of amides is 1. The maximum Gasteiger partial charge on any atom is 0.253 e. The standard InChI is InChI=1S/C25H35N5O.HI/c1-5-29(6-2)24(31)21-11-9-20(10-12-21)17-27-25(26-4)28-22-15-16-30(18-22)23-13-7-19(3)8-14-23;/h7-14,22H,5-6,15-18H2,1-4H3,(H2,26,27,28);1H. The molecule has 6 nitrogen and oxygen atoms in total. The SMILES string of the molecule is CCN(CC)C(=O)c1ccc(CNC(=NC)NC2CCN(c3ccc(C)cc3)C2)cc1.I. The monoisotopic (exact) mass is 549 g/mol. The van der Waals surface area contributed by atoms with Gasteiger partial charge in [0.15, 0.2) is 5.96 Å². The molecule has 174 valence electrons. The lowest BCUT2D eigenvalue weighted by atomic mass is 10.1. The number of nitrogens with zero attached hydrogens (tertiary/aromatic N) is 3. The van der Waals surface area contributed by atoms with Crippen LogP contribution in [-0.4, -0.2) is 56.0 Å². The highest BCUT2D eigenvalue weighted by Gasteiger charge is 2.23. The van der Waals surface area contributed by atoms with Crippen LogP contribution >= 0.6 is 24.0 Å². The van der Waals surface area contributed by atoms with Crippen LogP contribution in [0.5, 0.6) is 0 Å². The van der Waals surface area contributed by atoms with Crippen molar-refractivity contribution in [3.8, 4) is 0 Å². The van der Waals surface area contributed by atoms with Gasteiger partial charge in [0, 0.05) is 57.1 Å². The first-order chi connectivity index (χ1) is 15.0. The predicted molar refractivity (Wildman–Crippen MR) is 144 cm³/mol. The van der Waals surface area contributed by atoms with Gasteiger partial charge in [0.2, 0.25) is 0 Å². The number of carbonyl (C=O) groups is 1. The Bertz CT molecular complexity index is 878. The summed E-state index contributed by atoms with van der Waals surface area (Å²) in [6.45, 7) is 10.2. The molecule has 0 spiro atoms. The van der Waals surface area contributed by atoms with Gasteiger partial charge < -0.3 is 20.4 Å². The second kappa shape index (κ2) is 12.7. The zero-order chi connectivity index (χ0) is 22.2. The number of aliphatic imine (C=N–C) groups is 1. The summed E-state index contributed by atoms with van der Waals surface area (Å²) in [6.07, 6.45) is 1.08. The molecule has 0 aliphatic carbocycles. The summed E-state index contributed by atoms with van der Waals surface area (Å²) < 4.78 is 0. The number of anilines is 1. The fraction of sp³-hybridized carbons (Fsp3) is 0.440. The van der Waals surface area contributed by atoms with E-state index in [4.69, 9.17) is 0 Å². The fourth-order valence-corrected chi connectivity index (χ4v) is 3.90. The van der Waals surface area contributed by atoms with Crippen molar-refractivity contribution in [1.82, 2.24) is 15.5 Å². The topological polar surface area (TPSA) is 60.0 Å². The van der Waals surface area contributed by atoms with Gasteiger partial charge in [-0.25, -0.2) is 0 Å². The minimum atomic E-state index is 0. The van der Waals surface area contributed by atoms with Gasteiger partial charge in [-0.2, -0.15) is 0 Å². The Morgan fingerprint density at radius 3 is 2.34 bits per heavy atom. The summed E-state index contributed by atoms with van der Waals surface area (Å²) in [4.78, 5) is 21.1. The first kappa shape index (κ1) is 26.0. The molecule has 1 amide bonds. The summed E-state index contributed by atoms with van der Waals surface area (Å²) >= 11 is 0. The minimum Gasteiger partial charge on any atom is -0.369 e. The van der Waals surface area contributed by atoms with Crippen LogP contribution in [0.4, 0.5) is 5.69 Å². The van der Waals surface area contributed by atoms with Gasteiger partial charge >= 0.3 is 0 Å². The molecule has 0 bridgehead atoms. The van der Waals surface area contributed by atoms with Crippen LogP contribution in [0, 0.1) is 6.92 Å². The lowest BCUT2D eigenvalue weighted by molar-refractivity contribution is 0.0773. The van der Waals surface area contributed by atoms with Crippen LogP contribution in [0.1, 0.15) is 41.8 Å². The number of hydrogen-bond donors (Lipinski definition) is 2. The van der Waals surface area contributed by atoms with E-state index in [1.54, 1.807) is 7.05 Å². The van der Waals surface area contributed by atoms with E-state index < -0.39 is 0 Å². The summed E-state index contributed by atoms with van der Waals surface area (Å²) in [5.74, 6) is 0.889. The summed E-state index contributed by atoms with van der Waals surface area (Å²) in [5.41, 5.74) is 4.41. The first-order valence-electron chi connectivity index (χ1n) is 11.2. The van der Waals surface area contributed by atoms with Gasteiger partial charge in [0.05, 0.1) is 0 Å². The number of aryl methyl sites for hydroxylation is 1. The van der Waals surface area contributed by atoms with Gasteiger partial charge in [-0.15, -0.1) is 24.0 Å². The van der Waals surface area contributed by atoms with E-state index in [-0.39, 0.29) is 29.9 Å². The number of halogens is 1. The van der Waals surface area contributed by atoms with E-state index in [9.17, 15) is 4.79 Å². The third kappa shape index (κ3) is 6.85. The highest BCUT2D eigenvalue weighted by molar-refractivity contribution is 14.0. The highest BCUT2D eigenvalue weighted by atomic mass is 127.